The third-order valence-corrected chi connectivity index (χ3v) is 6.34. The maximum absolute atomic E-state index is 12.8. The van der Waals surface area contributed by atoms with Gasteiger partial charge in [-0.05, 0) is 69.7 Å². The number of fused-ring (bicyclic) bond motifs is 4. The van der Waals surface area contributed by atoms with Crippen LogP contribution >= 0.6 is 0 Å². The Morgan fingerprint density at radius 3 is 2.60 bits per heavy atom. The number of nitrogens with zero attached hydrogens (tertiary/aromatic N) is 4. The Labute approximate surface area is 176 Å². The molecule has 0 bridgehead atoms. The third-order valence-electron chi connectivity index (χ3n) is 6.34. The first kappa shape index (κ1) is 19.0. The lowest BCUT2D eigenvalue weighted by Gasteiger charge is -2.12. The topological polar surface area (TPSA) is 61.4 Å². The number of likely N-dealkylation sites (N-methyl/N-ethyl adjacent to an activating group) is 1. The van der Waals surface area contributed by atoms with Crippen LogP contribution < -0.4 is 10.2 Å². The van der Waals surface area contributed by atoms with Gasteiger partial charge < -0.3 is 15.1 Å². The van der Waals surface area contributed by atoms with E-state index in [1.165, 1.54) is 0 Å². The van der Waals surface area contributed by atoms with Gasteiger partial charge in [-0.1, -0.05) is 6.07 Å². The molecule has 1 N–H and O–H groups in total. The zero-order valence-electron chi connectivity index (χ0n) is 17.8. The summed E-state index contributed by atoms with van der Waals surface area (Å²) in [7, 11) is 6.03. The van der Waals surface area contributed by atoms with E-state index in [-0.39, 0.29) is 11.3 Å². The number of hydrogen-bond donors (Lipinski definition) is 1. The Morgan fingerprint density at radius 2 is 1.90 bits per heavy atom. The molecule has 3 aromatic rings. The molecule has 0 unspecified atom stereocenters. The average molecular weight is 402 g/mol. The first-order valence-corrected chi connectivity index (χ1v) is 10.6. The summed E-state index contributed by atoms with van der Waals surface area (Å²) in [6, 6.07) is 10.4. The van der Waals surface area contributed by atoms with E-state index in [0.717, 1.165) is 71.5 Å². The number of amides is 1. The fraction of sp³-hybridized carbons (Fsp3) is 0.375. The smallest absolute Gasteiger partial charge is 0.237 e. The Hall–Kier alpha value is -2.99. The van der Waals surface area contributed by atoms with E-state index in [9.17, 15) is 4.79 Å². The highest BCUT2D eigenvalue weighted by molar-refractivity contribution is 6.14. The van der Waals surface area contributed by atoms with Gasteiger partial charge in [0.25, 0.3) is 0 Å². The predicted molar refractivity (Wildman–Crippen MR) is 121 cm³/mol. The van der Waals surface area contributed by atoms with Crippen LogP contribution in [-0.4, -0.2) is 55.0 Å². The van der Waals surface area contributed by atoms with Crippen molar-refractivity contribution in [2.75, 3.05) is 44.4 Å². The quantitative estimate of drug-likeness (QED) is 0.639. The van der Waals surface area contributed by atoms with Crippen molar-refractivity contribution in [3.8, 4) is 11.1 Å². The van der Waals surface area contributed by atoms with Crippen molar-refractivity contribution in [3.05, 3.63) is 48.3 Å². The predicted octanol–water partition coefficient (Wildman–Crippen LogP) is 3.67. The molecule has 3 heterocycles. The molecule has 1 saturated carbocycles. The zero-order valence-corrected chi connectivity index (χ0v) is 17.8. The van der Waals surface area contributed by atoms with Crippen LogP contribution in [0.1, 0.15) is 24.8 Å². The van der Waals surface area contributed by atoms with E-state index in [1.807, 2.05) is 25.5 Å². The monoisotopic (exact) mass is 401 g/mol. The number of rotatable bonds is 6. The molecule has 0 atom stereocenters. The first-order chi connectivity index (χ1) is 14.5. The Bertz CT molecular complexity index is 1120. The molecular weight excluding hydrogens is 374 g/mol. The highest BCUT2D eigenvalue weighted by atomic mass is 16.2. The molecule has 2 aromatic heterocycles. The van der Waals surface area contributed by atoms with Crippen LogP contribution in [-0.2, 0) is 10.2 Å². The molecule has 30 heavy (non-hydrogen) atoms. The van der Waals surface area contributed by atoms with Gasteiger partial charge in [0.2, 0.25) is 5.91 Å². The van der Waals surface area contributed by atoms with Crippen LogP contribution in [0.5, 0.6) is 0 Å². The largest absolute Gasteiger partial charge is 0.370 e. The van der Waals surface area contributed by atoms with Gasteiger partial charge in [-0.25, -0.2) is 4.98 Å². The van der Waals surface area contributed by atoms with Crippen molar-refractivity contribution in [2.45, 2.75) is 24.7 Å². The highest BCUT2D eigenvalue weighted by Crippen LogP contribution is 2.58. The number of carbonyl (C=O) groups is 1. The second kappa shape index (κ2) is 7.06. The van der Waals surface area contributed by atoms with Gasteiger partial charge >= 0.3 is 0 Å². The van der Waals surface area contributed by atoms with Gasteiger partial charge in [0.1, 0.15) is 5.82 Å². The molecule has 1 aliphatic heterocycles. The Morgan fingerprint density at radius 1 is 1.10 bits per heavy atom. The second-order valence-corrected chi connectivity index (χ2v) is 8.71. The zero-order chi connectivity index (χ0) is 20.9. The fourth-order valence-corrected chi connectivity index (χ4v) is 4.53. The van der Waals surface area contributed by atoms with Gasteiger partial charge in [0, 0.05) is 36.3 Å². The lowest BCUT2D eigenvalue weighted by molar-refractivity contribution is -0.119. The van der Waals surface area contributed by atoms with Crippen LogP contribution in [0, 0.1) is 0 Å². The number of nitrogens with one attached hydrogen (secondary N) is 1. The van der Waals surface area contributed by atoms with Crippen LogP contribution in [0.4, 0.5) is 11.5 Å². The summed E-state index contributed by atoms with van der Waals surface area (Å²) in [5, 5.41) is 4.47. The maximum Gasteiger partial charge on any atom is 0.237 e. The van der Waals surface area contributed by atoms with Crippen LogP contribution in [0.15, 0.2) is 42.7 Å². The van der Waals surface area contributed by atoms with E-state index < -0.39 is 0 Å². The van der Waals surface area contributed by atoms with Crippen molar-refractivity contribution >= 4 is 28.3 Å². The molecule has 154 valence electrons. The van der Waals surface area contributed by atoms with Crippen LogP contribution in [0.25, 0.3) is 22.0 Å². The van der Waals surface area contributed by atoms with Gasteiger partial charge in [-0.15, -0.1) is 0 Å². The highest BCUT2D eigenvalue weighted by Gasteiger charge is 2.59. The maximum atomic E-state index is 12.8. The summed E-state index contributed by atoms with van der Waals surface area (Å²) >= 11 is 0. The molecular formula is C24H27N5O. The summed E-state index contributed by atoms with van der Waals surface area (Å²) in [4.78, 5) is 26.0. The SMILES string of the molecule is CN(C)CCCNc1ccc(-c2ccc3ncc4c(c3c2)C2(CC2)C(=O)N4C)cn1. The Kier molecular flexibility index (Phi) is 4.47. The summed E-state index contributed by atoms with van der Waals surface area (Å²) in [6.45, 7) is 1.96. The number of benzene rings is 1. The van der Waals surface area contributed by atoms with E-state index in [4.69, 9.17) is 0 Å². The number of aromatic nitrogens is 2. The van der Waals surface area contributed by atoms with Crippen molar-refractivity contribution in [2.24, 2.45) is 0 Å². The Balaban J connectivity index is 1.44. The molecule has 1 amide bonds. The molecule has 0 radical (unpaired) electrons. The van der Waals surface area contributed by atoms with Crippen LogP contribution in [0.3, 0.4) is 0 Å². The second-order valence-electron chi connectivity index (χ2n) is 8.71. The third kappa shape index (κ3) is 3.03. The molecule has 0 saturated heterocycles. The van der Waals surface area contributed by atoms with Crippen molar-refractivity contribution < 1.29 is 4.79 Å². The van der Waals surface area contributed by atoms with Crippen molar-refractivity contribution in [1.82, 2.24) is 14.9 Å². The van der Waals surface area contributed by atoms with Gasteiger partial charge in [-0.3, -0.25) is 9.78 Å². The van der Waals surface area contributed by atoms with Crippen molar-refractivity contribution in [1.29, 1.82) is 0 Å². The minimum Gasteiger partial charge on any atom is -0.370 e. The molecule has 5 rings (SSSR count). The standard InChI is InChI=1S/C24H27N5O/c1-28(2)12-4-11-25-21-8-6-17(14-27-21)16-5-7-19-18(13-16)22-20(15-26-19)29(3)23(30)24(22)9-10-24/h5-8,13-15H,4,9-12H2,1-3H3,(H,25,27). The molecule has 2 aliphatic rings. The molecule has 6 nitrogen and oxygen atoms in total. The number of hydrogen-bond acceptors (Lipinski definition) is 5. The minimum atomic E-state index is -0.317. The molecule has 1 aromatic carbocycles. The summed E-state index contributed by atoms with van der Waals surface area (Å²) in [5.74, 6) is 1.11. The minimum absolute atomic E-state index is 0.212. The van der Waals surface area contributed by atoms with E-state index in [1.54, 1.807) is 4.90 Å². The first-order valence-electron chi connectivity index (χ1n) is 10.6. The lowest BCUT2D eigenvalue weighted by Crippen LogP contribution is -2.28. The van der Waals surface area contributed by atoms with E-state index in [0.29, 0.717) is 0 Å². The van der Waals surface area contributed by atoms with E-state index in [2.05, 4.69) is 58.5 Å². The lowest BCUT2D eigenvalue weighted by atomic mass is 9.92. The summed E-state index contributed by atoms with van der Waals surface area (Å²) < 4.78 is 0. The van der Waals surface area contributed by atoms with E-state index >= 15 is 0 Å². The van der Waals surface area contributed by atoms with Gasteiger partial charge in [0.15, 0.2) is 0 Å². The summed E-state index contributed by atoms with van der Waals surface area (Å²) in [6.07, 6.45) is 6.70. The van der Waals surface area contributed by atoms with Crippen molar-refractivity contribution in [3.63, 3.8) is 0 Å². The molecule has 1 aliphatic carbocycles. The normalized spacial score (nSPS) is 16.5. The fourth-order valence-electron chi connectivity index (χ4n) is 4.53. The molecule has 1 fully saturated rings. The number of anilines is 2. The summed E-state index contributed by atoms with van der Waals surface area (Å²) in [5.41, 5.74) is 4.91. The van der Waals surface area contributed by atoms with Gasteiger partial charge in [-0.2, -0.15) is 0 Å². The molecule has 1 spiro atoms. The number of carbonyl (C=O) groups excluding carboxylic acids is 1. The molecule has 6 heteroatoms. The number of pyridine rings is 2. The van der Waals surface area contributed by atoms with Crippen LogP contribution in [0.2, 0.25) is 0 Å². The van der Waals surface area contributed by atoms with Gasteiger partial charge in [0.05, 0.1) is 22.8 Å². The average Bonchev–Trinajstić information content (AvgIpc) is 3.53.